The van der Waals surface area contributed by atoms with Crippen LogP contribution in [0.25, 0.3) is 0 Å². The summed E-state index contributed by atoms with van der Waals surface area (Å²) in [6, 6.07) is 18.5. The number of nitrogens with zero attached hydrogens (tertiary/aromatic N) is 2. The summed E-state index contributed by atoms with van der Waals surface area (Å²) in [5, 5.41) is 16.6. The molecule has 0 fully saturated rings. The average Bonchev–Trinajstić information content (AvgIpc) is 3.07. The van der Waals surface area contributed by atoms with Gasteiger partial charge in [-0.05, 0) is 48.3 Å². The molecule has 0 spiro atoms. The maximum Gasteiger partial charge on any atom is 0.240 e. The van der Waals surface area contributed by atoms with E-state index in [0.29, 0.717) is 23.4 Å². The van der Waals surface area contributed by atoms with Crippen LogP contribution in [0.4, 0.5) is 16.4 Å². The third kappa shape index (κ3) is 4.84. The van der Waals surface area contributed by atoms with Crippen molar-refractivity contribution in [3.8, 4) is 6.07 Å². The Balaban J connectivity index is 1.81. The zero-order valence-electron chi connectivity index (χ0n) is 14.8. The number of nitrogens with one attached hydrogen (secondary N) is 2. The van der Waals surface area contributed by atoms with Crippen molar-refractivity contribution in [1.82, 2.24) is 4.37 Å². The van der Waals surface area contributed by atoms with E-state index in [2.05, 4.69) is 21.1 Å². The van der Waals surface area contributed by atoms with Crippen LogP contribution in [0.1, 0.15) is 16.8 Å². The first-order valence-corrected chi connectivity index (χ1v) is 9.17. The van der Waals surface area contributed by atoms with E-state index < -0.39 is 11.9 Å². The highest BCUT2D eigenvalue weighted by Crippen LogP contribution is 2.27. The number of rotatable bonds is 7. The van der Waals surface area contributed by atoms with Crippen molar-refractivity contribution >= 4 is 33.8 Å². The molecule has 3 rings (SSSR count). The van der Waals surface area contributed by atoms with E-state index >= 15 is 0 Å². The van der Waals surface area contributed by atoms with Gasteiger partial charge >= 0.3 is 0 Å². The van der Waals surface area contributed by atoms with E-state index in [1.807, 2.05) is 43.3 Å². The molecule has 0 aliphatic carbocycles. The lowest BCUT2D eigenvalue weighted by molar-refractivity contribution is -0.118. The third-order valence-corrected chi connectivity index (χ3v) is 4.79. The largest absolute Gasteiger partial charge is 0.373 e. The molecular formula is C20H19N5OS. The maximum atomic E-state index is 11.9. The number of hydrogen-bond acceptors (Lipinski definition) is 6. The number of carbonyl (C=O) groups is 1. The monoisotopic (exact) mass is 377 g/mol. The standard InChI is InChI=1S/C20H19N5OS/c1-13-9-19(27-25-13)24-17-11-16(8-7-15(17)12-21)23-18(20(22)26)10-14-5-3-2-4-6-14/h2-9,11,18,23-24H,10H2,1H3,(H2,22,26). The number of carbonyl (C=O) groups excluding carboxylic acids is 1. The highest BCUT2D eigenvalue weighted by Gasteiger charge is 2.16. The molecule has 0 aliphatic heterocycles. The van der Waals surface area contributed by atoms with E-state index in [0.717, 1.165) is 16.3 Å². The molecule has 1 aromatic heterocycles. The highest BCUT2D eigenvalue weighted by atomic mass is 32.1. The van der Waals surface area contributed by atoms with Crippen molar-refractivity contribution in [2.24, 2.45) is 5.73 Å². The van der Waals surface area contributed by atoms with E-state index in [1.54, 1.807) is 18.2 Å². The van der Waals surface area contributed by atoms with E-state index in [1.165, 1.54) is 11.5 Å². The molecular weight excluding hydrogens is 358 g/mol. The fourth-order valence-electron chi connectivity index (χ4n) is 2.66. The van der Waals surface area contributed by atoms with Crippen LogP contribution in [0.15, 0.2) is 54.6 Å². The minimum Gasteiger partial charge on any atom is -0.373 e. The minimum absolute atomic E-state index is 0.434. The van der Waals surface area contributed by atoms with Crippen molar-refractivity contribution in [2.45, 2.75) is 19.4 Å². The van der Waals surface area contributed by atoms with Gasteiger partial charge in [-0.25, -0.2) is 0 Å². The summed E-state index contributed by atoms with van der Waals surface area (Å²) in [7, 11) is 0. The average molecular weight is 377 g/mol. The SMILES string of the molecule is Cc1cc(Nc2cc(NC(Cc3ccccc3)C(N)=O)ccc2C#N)sn1. The van der Waals surface area contributed by atoms with Crippen molar-refractivity contribution in [2.75, 3.05) is 10.6 Å². The second-order valence-corrected chi connectivity index (χ2v) is 6.92. The summed E-state index contributed by atoms with van der Waals surface area (Å²) in [6.45, 7) is 1.91. The van der Waals surface area contributed by atoms with Crippen LogP contribution < -0.4 is 16.4 Å². The van der Waals surface area contributed by atoms with Gasteiger partial charge in [0.15, 0.2) is 0 Å². The van der Waals surface area contributed by atoms with E-state index in [4.69, 9.17) is 5.73 Å². The molecule has 136 valence electrons. The van der Waals surface area contributed by atoms with Crippen molar-refractivity contribution < 1.29 is 4.79 Å². The van der Waals surface area contributed by atoms with Gasteiger partial charge in [-0.2, -0.15) is 9.64 Å². The number of nitriles is 1. The number of nitrogens with two attached hydrogens (primary N) is 1. The molecule has 1 amide bonds. The minimum atomic E-state index is -0.557. The van der Waals surface area contributed by atoms with Crippen LogP contribution in [0.2, 0.25) is 0 Å². The Hall–Kier alpha value is -3.37. The molecule has 0 aliphatic rings. The molecule has 0 bridgehead atoms. The van der Waals surface area contributed by atoms with E-state index in [-0.39, 0.29) is 0 Å². The summed E-state index contributed by atoms with van der Waals surface area (Å²) in [4.78, 5) is 11.9. The molecule has 7 heteroatoms. The smallest absolute Gasteiger partial charge is 0.240 e. The van der Waals surface area contributed by atoms with Gasteiger partial charge in [0.05, 0.1) is 16.9 Å². The van der Waals surface area contributed by atoms with Crippen LogP contribution in [0, 0.1) is 18.3 Å². The van der Waals surface area contributed by atoms with Gasteiger partial charge in [0.1, 0.15) is 17.1 Å². The molecule has 2 aromatic carbocycles. The summed E-state index contributed by atoms with van der Waals surface area (Å²) < 4.78 is 4.23. The molecule has 0 radical (unpaired) electrons. The van der Waals surface area contributed by atoms with Crippen LogP contribution in [0.5, 0.6) is 0 Å². The summed E-state index contributed by atoms with van der Waals surface area (Å²) in [6.07, 6.45) is 0.479. The normalized spacial score (nSPS) is 11.4. The predicted octanol–water partition coefficient (Wildman–Crippen LogP) is 3.58. The summed E-state index contributed by atoms with van der Waals surface area (Å²) >= 11 is 1.32. The zero-order chi connectivity index (χ0) is 19.2. The van der Waals surface area contributed by atoms with Gasteiger partial charge < -0.3 is 16.4 Å². The number of benzene rings is 2. The Morgan fingerprint density at radius 3 is 2.67 bits per heavy atom. The first-order valence-electron chi connectivity index (χ1n) is 8.39. The zero-order valence-corrected chi connectivity index (χ0v) is 15.6. The molecule has 27 heavy (non-hydrogen) atoms. The van der Waals surface area contributed by atoms with Crippen LogP contribution in [-0.4, -0.2) is 16.3 Å². The molecule has 0 saturated carbocycles. The molecule has 6 nitrogen and oxygen atoms in total. The van der Waals surface area contributed by atoms with Gasteiger partial charge in [-0.15, -0.1) is 0 Å². The van der Waals surface area contributed by atoms with Crippen molar-refractivity contribution in [3.05, 3.63) is 71.4 Å². The molecule has 4 N–H and O–H groups in total. The number of hydrogen-bond donors (Lipinski definition) is 3. The lowest BCUT2D eigenvalue weighted by Gasteiger charge is -2.18. The van der Waals surface area contributed by atoms with E-state index in [9.17, 15) is 10.1 Å². The number of aryl methyl sites for hydroxylation is 1. The number of aromatic nitrogens is 1. The van der Waals surface area contributed by atoms with Gasteiger partial charge in [0.25, 0.3) is 0 Å². The van der Waals surface area contributed by atoms with Crippen molar-refractivity contribution in [1.29, 1.82) is 5.26 Å². The molecule has 0 saturated heterocycles. The maximum absolute atomic E-state index is 11.9. The van der Waals surface area contributed by atoms with Crippen LogP contribution >= 0.6 is 11.5 Å². The summed E-state index contributed by atoms with van der Waals surface area (Å²) in [5.41, 5.74) is 9.36. The Morgan fingerprint density at radius 1 is 1.26 bits per heavy atom. The highest BCUT2D eigenvalue weighted by molar-refractivity contribution is 7.10. The Kier molecular flexibility index (Phi) is 5.69. The predicted molar refractivity (Wildman–Crippen MR) is 108 cm³/mol. The fourth-order valence-corrected chi connectivity index (χ4v) is 3.34. The van der Waals surface area contributed by atoms with Crippen LogP contribution in [-0.2, 0) is 11.2 Å². The molecule has 1 heterocycles. The summed E-state index contributed by atoms with van der Waals surface area (Å²) in [5.74, 6) is -0.434. The molecule has 1 unspecified atom stereocenters. The topological polar surface area (TPSA) is 104 Å². The molecule has 3 aromatic rings. The third-order valence-electron chi connectivity index (χ3n) is 3.99. The quantitative estimate of drug-likeness (QED) is 0.584. The number of anilines is 3. The van der Waals surface area contributed by atoms with Crippen LogP contribution in [0.3, 0.4) is 0 Å². The first-order chi connectivity index (χ1) is 13.0. The number of primary amides is 1. The van der Waals surface area contributed by atoms with Gasteiger partial charge in [0, 0.05) is 12.1 Å². The van der Waals surface area contributed by atoms with Gasteiger partial charge in [0.2, 0.25) is 5.91 Å². The Labute approximate surface area is 161 Å². The Morgan fingerprint density at radius 2 is 2.04 bits per heavy atom. The number of amides is 1. The second-order valence-electron chi connectivity index (χ2n) is 6.12. The molecule has 1 atom stereocenters. The lowest BCUT2D eigenvalue weighted by atomic mass is 10.0. The Bertz CT molecular complexity index is 978. The van der Waals surface area contributed by atoms with Crippen molar-refractivity contribution in [3.63, 3.8) is 0 Å². The van der Waals surface area contributed by atoms with Gasteiger partial charge in [-0.1, -0.05) is 30.3 Å². The second kappa shape index (κ2) is 8.34. The van der Waals surface area contributed by atoms with Gasteiger partial charge in [-0.3, -0.25) is 4.79 Å². The lowest BCUT2D eigenvalue weighted by Crippen LogP contribution is -2.37. The fraction of sp³-hybridized carbons (Fsp3) is 0.150. The first kappa shape index (κ1) is 18.4.